The number of carbonyl (C=O) groups excluding carboxylic acids is 1. The number of hydrogen-bond donors (Lipinski definition) is 9. The van der Waals surface area contributed by atoms with E-state index in [1.165, 1.54) is 212 Å². The molecule has 0 aromatic carbocycles. The summed E-state index contributed by atoms with van der Waals surface area (Å²) in [7, 11) is 0. The number of amides is 1. The minimum atomic E-state index is -1.80. The molecule has 9 N–H and O–H groups in total. The SMILES string of the molecule is CC/C=C\C/C=C\C/C=C\C/C=C\C/C=C\C/C=C\C/C=C\C/C=C\CCCCCCCCCCCCC(=O)NC(COC1OC(CO)C(OC2OC(CO)C(O)C(O)C2O)C(O)C1O)C(O)/C=C/CC/C=C/CCCCCCCCCCCCCCCCCCCCCCCCCCCCC. The van der Waals surface area contributed by atoms with E-state index in [1.807, 2.05) is 6.08 Å². The quantitative estimate of drug-likeness (QED) is 0.0204. The van der Waals surface area contributed by atoms with Gasteiger partial charge in [0.15, 0.2) is 12.6 Å². The van der Waals surface area contributed by atoms with Crippen molar-refractivity contribution in [3.63, 3.8) is 0 Å². The summed E-state index contributed by atoms with van der Waals surface area (Å²) in [5.41, 5.74) is 0. The molecule has 14 heteroatoms. The fourth-order valence-electron chi connectivity index (χ4n) is 13.1. The molecule has 0 aliphatic carbocycles. The van der Waals surface area contributed by atoms with E-state index in [0.717, 1.165) is 89.9 Å². The van der Waals surface area contributed by atoms with Crippen molar-refractivity contribution in [2.45, 2.75) is 408 Å². The molecular weight excluding hydrogens is 1280 g/mol. The minimum absolute atomic E-state index is 0.255. The van der Waals surface area contributed by atoms with Crippen molar-refractivity contribution in [1.29, 1.82) is 0 Å². The van der Waals surface area contributed by atoms with Crippen molar-refractivity contribution in [3.8, 4) is 0 Å². The summed E-state index contributed by atoms with van der Waals surface area (Å²) in [4.78, 5) is 13.4. The van der Waals surface area contributed by atoms with E-state index in [-0.39, 0.29) is 18.9 Å². The Kier molecular flexibility index (Phi) is 65.2. The molecule has 2 fully saturated rings. The van der Waals surface area contributed by atoms with Gasteiger partial charge < -0.3 is 65.1 Å². The van der Waals surface area contributed by atoms with Crippen LogP contribution in [0.15, 0.2) is 122 Å². The molecule has 0 spiro atoms. The minimum Gasteiger partial charge on any atom is -0.394 e. The van der Waals surface area contributed by atoms with Crippen molar-refractivity contribution in [3.05, 3.63) is 122 Å². The maximum Gasteiger partial charge on any atom is 0.220 e. The number of carbonyl (C=O) groups is 1. The summed E-state index contributed by atoms with van der Waals surface area (Å²) >= 11 is 0. The van der Waals surface area contributed by atoms with Crippen LogP contribution < -0.4 is 5.32 Å². The molecule has 2 heterocycles. The lowest BCUT2D eigenvalue weighted by atomic mass is 9.97. The number of unbranched alkanes of at least 4 members (excludes halogenated alkanes) is 38. The predicted octanol–water partition coefficient (Wildman–Crippen LogP) is 19.6. The number of allylic oxidation sites excluding steroid dienone is 19. The second-order valence-electron chi connectivity index (χ2n) is 28.9. The smallest absolute Gasteiger partial charge is 0.220 e. The normalized spacial score (nSPS) is 22.3. The van der Waals surface area contributed by atoms with Gasteiger partial charge in [-0.2, -0.15) is 0 Å². The van der Waals surface area contributed by atoms with Crippen LogP contribution in [-0.4, -0.2) is 140 Å². The Morgan fingerprint density at radius 3 is 1.08 bits per heavy atom. The summed E-state index contributed by atoms with van der Waals surface area (Å²) < 4.78 is 22.9. The van der Waals surface area contributed by atoms with E-state index in [2.05, 4.69) is 129 Å². The number of hydrogen-bond acceptors (Lipinski definition) is 13. The Hall–Kier alpha value is -3.61. The highest BCUT2D eigenvalue weighted by atomic mass is 16.7. The van der Waals surface area contributed by atoms with Crippen LogP contribution in [0.25, 0.3) is 0 Å². The van der Waals surface area contributed by atoms with Gasteiger partial charge in [0.05, 0.1) is 32.0 Å². The molecular formula is C88H153NO13. The lowest BCUT2D eigenvalue weighted by molar-refractivity contribution is -0.359. The van der Waals surface area contributed by atoms with Crippen LogP contribution >= 0.6 is 0 Å². The van der Waals surface area contributed by atoms with E-state index < -0.39 is 86.8 Å². The van der Waals surface area contributed by atoms with Crippen LogP contribution in [-0.2, 0) is 23.7 Å². The summed E-state index contributed by atoms with van der Waals surface area (Å²) in [6.07, 6.45) is 87.1. The van der Waals surface area contributed by atoms with Crippen molar-refractivity contribution >= 4 is 5.91 Å². The lowest BCUT2D eigenvalue weighted by Crippen LogP contribution is -2.65. The first-order valence-electron chi connectivity index (χ1n) is 41.8. The van der Waals surface area contributed by atoms with Gasteiger partial charge in [-0.15, -0.1) is 0 Å². The molecule has 2 aliphatic rings. The third kappa shape index (κ3) is 52.4. The zero-order valence-corrected chi connectivity index (χ0v) is 64.6. The van der Waals surface area contributed by atoms with Gasteiger partial charge in [-0.25, -0.2) is 0 Å². The van der Waals surface area contributed by atoms with E-state index in [1.54, 1.807) is 6.08 Å². The van der Waals surface area contributed by atoms with E-state index >= 15 is 0 Å². The average molecular weight is 1430 g/mol. The molecule has 0 aromatic rings. The summed E-state index contributed by atoms with van der Waals surface area (Å²) in [5.74, 6) is -0.255. The van der Waals surface area contributed by atoms with Crippen LogP contribution in [0.3, 0.4) is 0 Å². The number of aliphatic hydroxyl groups excluding tert-OH is 8. The van der Waals surface area contributed by atoms with Crippen LogP contribution in [0.2, 0.25) is 0 Å². The number of aliphatic hydroxyl groups is 8. The molecule has 0 radical (unpaired) electrons. The molecule has 102 heavy (non-hydrogen) atoms. The van der Waals surface area contributed by atoms with E-state index in [9.17, 15) is 45.6 Å². The standard InChI is InChI=1S/C88H153NO13/c1-3-5-7-9-11-13-15-17-19-21-23-25-27-29-31-33-35-37-38-40-42-44-46-48-50-52-54-56-58-60-62-64-66-68-70-72-80(93)89-76(75-99-87-85(98)83(96)86(79(74-91)101-87)102-88-84(97)82(95)81(94)78(73-90)100-88)77(92)71-69-67-65-63-61-59-57-55-53-51-49-47-45-43-41-39-36-34-32-30-28-26-24-22-20-18-16-14-12-10-8-6-4-2/h5,7,11,13,17,19,23,25,29,31,35,37,40,42,46,48,61,63,69,71,76-79,81-88,90-92,94-98H,3-4,6,8-10,12,14-16,18,20-22,24,26-28,30,32-34,36,38-39,41,43-45,47,49-60,62,64-68,70,72-75H2,1-2H3,(H,89,93)/b7-5-,13-11-,19-17-,25-23-,31-29-,37-35-,42-40-,48-46-,63-61+,71-69+. The molecule has 12 unspecified atom stereocenters. The van der Waals surface area contributed by atoms with Crippen molar-refractivity contribution in [2.24, 2.45) is 0 Å². The molecule has 0 saturated carbocycles. The molecule has 2 saturated heterocycles. The van der Waals surface area contributed by atoms with Gasteiger partial charge in [0, 0.05) is 6.42 Å². The monoisotopic (exact) mass is 1430 g/mol. The Bertz CT molecular complexity index is 2180. The van der Waals surface area contributed by atoms with E-state index in [4.69, 9.17) is 18.9 Å². The maximum atomic E-state index is 13.4. The first kappa shape index (κ1) is 94.5. The number of nitrogens with one attached hydrogen (secondary N) is 1. The summed E-state index contributed by atoms with van der Waals surface area (Å²) in [6, 6.07) is -0.945. The van der Waals surface area contributed by atoms with Crippen LogP contribution in [0.4, 0.5) is 0 Å². The maximum absolute atomic E-state index is 13.4. The first-order valence-corrected chi connectivity index (χ1v) is 41.8. The molecule has 588 valence electrons. The van der Waals surface area contributed by atoms with Crippen molar-refractivity contribution < 1.29 is 64.6 Å². The van der Waals surface area contributed by atoms with E-state index in [0.29, 0.717) is 12.8 Å². The molecule has 14 nitrogen and oxygen atoms in total. The zero-order chi connectivity index (χ0) is 73.7. The molecule has 0 aromatic heterocycles. The van der Waals surface area contributed by atoms with Crippen molar-refractivity contribution in [1.82, 2.24) is 5.32 Å². The Labute approximate surface area is 622 Å². The van der Waals surface area contributed by atoms with Gasteiger partial charge in [0.25, 0.3) is 0 Å². The van der Waals surface area contributed by atoms with Gasteiger partial charge >= 0.3 is 0 Å². The lowest BCUT2D eigenvalue weighted by Gasteiger charge is -2.46. The highest BCUT2D eigenvalue weighted by Gasteiger charge is 2.51. The number of rotatable bonds is 69. The highest BCUT2D eigenvalue weighted by Crippen LogP contribution is 2.30. The van der Waals surface area contributed by atoms with Crippen LogP contribution in [0.1, 0.15) is 335 Å². The Morgan fingerprint density at radius 1 is 0.363 bits per heavy atom. The number of ether oxygens (including phenoxy) is 4. The predicted molar refractivity (Wildman–Crippen MR) is 424 cm³/mol. The summed E-state index contributed by atoms with van der Waals surface area (Å²) in [5, 5.41) is 87.7. The van der Waals surface area contributed by atoms with Crippen LogP contribution in [0, 0.1) is 0 Å². The van der Waals surface area contributed by atoms with Crippen LogP contribution in [0.5, 0.6) is 0 Å². The van der Waals surface area contributed by atoms with Gasteiger partial charge in [-0.05, 0) is 96.3 Å². The van der Waals surface area contributed by atoms with Gasteiger partial charge in [0.2, 0.25) is 5.91 Å². The molecule has 12 atom stereocenters. The second kappa shape index (κ2) is 70.4. The molecule has 1 amide bonds. The average Bonchev–Trinajstić information content (AvgIpc) is 0.790. The fraction of sp³-hybridized carbons (Fsp3) is 0.761. The van der Waals surface area contributed by atoms with Gasteiger partial charge in [-0.3, -0.25) is 4.79 Å². The van der Waals surface area contributed by atoms with Gasteiger partial charge in [0.1, 0.15) is 48.8 Å². The Balaban J connectivity index is 1.63. The topological polar surface area (TPSA) is 228 Å². The molecule has 2 aliphatic heterocycles. The third-order valence-corrected chi connectivity index (χ3v) is 19.6. The third-order valence-electron chi connectivity index (χ3n) is 19.6. The molecule has 2 rings (SSSR count). The Morgan fingerprint density at radius 2 is 0.686 bits per heavy atom. The fourth-order valence-corrected chi connectivity index (χ4v) is 13.1. The largest absolute Gasteiger partial charge is 0.394 e. The first-order chi connectivity index (χ1) is 50.1. The molecule has 0 bridgehead atoms. The second-order valence-corrected chi connectivity index (χ2v) is 28.9. The van der Waals surface area contributed by atoms with Gasteiger partial charge in [-0.1, -0.05) is 354 Å². The zero-order valence-electron chi connectivity index (χ0n) is 64.6. The highest BCUT2D eigenvalue weighted by molar-refractivity contribution is 5.76. The van der Waals surface area contributed by atoms with Crippen molar-refractivity contribution in [2.75, 3.05) is 19.8 Å². The summed E-state index contributed by atoms with van der Waals surface area (Å²) in [6.45, 7) is 2.70.